The Morgan fingerprint density at radius 3 is 2.17 bits per heavy atom. The van der Waals surface area contributed by atoms with E-state index in [1.54, 1.807) is 6.92 Å². The third kappa shape index (κ3) is 4.48. The molecule has 0 amide bonds. The molecule has 1 unspecified atom stereocenters. The summed E-state index contributed by atoms with van der Waals surface area (Å²) >= 11 is 0. The van der Waals surface area contributed by atoms with Crippen LogP contribution >= 0.6 is 0 Å². The molecule has 140 valence electrons. The zero-order valence-electron chi connectivity index (χ0n) is 16.4. The summed E-state index contributed by atoms with van der Waals surface area (Å²) in [6.07, 6.45) is 2.44. The van der Waals surface area contributed by atoms with Crippen LogP contribution < -0.4 is 0 Å². The van der Waals surface area contributed by atoms with Gasteiger partial charge >= 0.3 is 5.97 Å². The van der Waals surface area contributed by atoms with E-state index in [-0.39, 0.29) is 12.5 Å². The molecule has 0 aromatic heterocycles. The van der Waals surface area contributed by atoms with Crippen molar-refractivity contribution in [3.05, 3.63) is 11.4 Å². The molecule has 5 heteroatoms. The maximum absolute atomic E-state index is 14.4. The summed E-state index contributed by atoms with van der Waals surface area (Å²) in [5.74, 6) is -1.49. The van der Waals surface area contributed by atoms with Crippen LogP contribution in [0.1, 0.15) is 67.7 Å². The van der Waals surface area contributed by atoms with E-state index >= 15 is 0 Å². The summed E-state index contributed by atoms with van der Waals surface area (Å²) in [5, 5.41) is 0. The number of carbonyl (C=O) groups excluding carboxylic acids is 1. The summed E-state index contributed by atoms with van der Waals surface area (Å²) < 4.78 is 25.8. The van der Waals surface area contributed by atoms with Crippen LogP contribution in [0.3, 0.4) is 0 Å². The van der Waals surface area contributed by atoms with Crippen LogP contribution in [-0.4, -0.2) is 27.5 Å². The van der Waals surface area contributed by atoms with Crippen molar-refractivity contribution in [2.45, 2.75) is 84.4 Å². The quantitative estimate of drug-likeness (QED) is 0.314. The summed E-state index contributed by atoms with van der Waals surface area (Å²) in [7, 11) is -1.96. The molecular weight excluding hydrogens is 323 g/mol. The van der Waals surface area contributed by atoms with Gasteiger partial charge in [-0.1, -0.05) is 41.5 Å². The first-order valence-corrected chi connectivity index (χ1v) is 11.5. The molecule has 1 atom stereocenters. The van der Waals surface area contributed by atoms with E-state index in [1.807, 2.05) is 0 Å². The van der Waals surface area contributed by atoms with E-state index in [4.69, 9.17) is 9.16 Å². The Balaban J connectivity index is 2.94. The number of hydrogen-bond donors (Lipinski definition) is 0. The molecule has 0 aromatic rings. The van der Waals surface area contributed by atoms with Gasteiger partial charge in [-0.25, -0.2) is 4.79 Å². The normalized spacial score (nSPS) is 21.0. The fraction of sp³-hybridized carbons (Fsp3) is 0.842. The lowest BCUT2D eigenvalue weighted by Gasteiger charge is -2.42. The smallest absolute Gasteiger partial charge is 0.367 e. The second-order valence-corrected chi connectivity index (χ2v) is 13.2. The topological polar surface area (TPSA) is 35.5 Å². The van der Waals surface area contributed by atoms with Crippen LogP contribution in [0.25, 0.3) is 0 Å². The van der Waals surface area contributed by atoms with E-state index in [0.29, 0.717) is 35.2 Å². The van der Waals surface area contributed by atoms with Crippen molar-refractivity contribution in [1.82, 2.24) is 0 Å². The van der Waals surface area contributed by atoms with E-state index in [2.05, 4.69) is 41.5 Å². The van der Waals surface area contributed by atoms with Crippen LogP contribution in [-0.2, 0) is 14.0 Å². The highest BCUT2D eigenvalue weighted by atomic mass is 28.4. The lowest BCUT2D eigenvalue weighted by Crippen LogP contribution is -2.48. The molecule has 3 nitrogen and oxygen atoms in total. The Hall–Kier alpha value is -0.683. The summed E-state index contributed by atoms with van der Waals surface area (Å²) in [6.45, 7) is 15.9. The number of esters is 1. The minimum Gasteiger partial charge on any atom is -0.461 e. The molecule has 1 saturated carbocycles. The van der Waals surface area contributed by atoms with Crippen molar-refractivity contribution in [2.24, 2.45) is 5.92 Å². The standard InChI is InChI=1S/C19H35FO3Si/c1-8-22-19(21)18(20)17-11-9-10-16(17)12-23-24(13(2)3,14(4)5)15(6)7/h13-16H,8-12H2,1-7H3. The highest BCUT2D eigenvalue weighted by molar-refractivity contribution is 6.77. The van der Waals surface area contributed by atoms with E-state index in [0.717, 1.165) is 12.8 Å². The molecule has 24 heavy (non-hydrogen) atoms. The van der Waals surface area contributed by atoms with Crippen LogP contribution in [0.15, 0.2) is 11.4 Å². The van der Waals surface area contributed by atoms with Crippen LogP contribution in [0.2, 0.25) is 16.6 Å². The van der Waals surface area contributed by atoms with Crippen molar-refractivity contribution < 1.29 is 18.3 Å². The molecule has 1 aliphatic carbocycles. The number of halogens is 1. The van der Waals surface area contributed by atoms with Gasteiger partial charge in [-0.05, 0) is 48.4 Å². The fourth-order valence-electron chi connectivity index (χ4n) is 4.46. The predicted molar refractivity (Wildman–Crippen MR) is 99.1 cm³/mol. The molecule has 0 radical (unpaired) electrons. The Kier molecular flexibility index (Phi) is 8.13. The molecule has 0 heterocycles. The number of carbonyl (C=O) groups is 1. The molecule has 0 bridgehead atoms. The lowest BCUT2D eigenvalue weighted by atomic mass is 10.0. The zero-order valence-corrected chi connectivity index (χ0v) is 17.4. The SMILES string of the molecule is CCOC(=O)C(F)=C1CCCC1CO[Si](C(C)C)(C(C)C)C(C)C. The first-order valence-electron chi connectivity index (χ1n) is 9.37. The summed E-state index contributed by atoms with van der Waals surface area (Å²) in [6, 6.07) is 0. The van der Waals surface area contributed by atoms with Gasteiger partial charge in [-0.15, -0.1) is 0 Å². The maximum atomic E-state index is 14.4. The van der Waals surface area contributed by atoms with Crippen LogP contribution in [0.4, 0.5) is 4.39 Å². The van der Waals surface area contributed by atoms with Gasteiger partial charge in [-0.3, -0.25) is 0 Å². The number of ether oxygens (including phenoxy) is 1. The summed E-state index contributed by atoms with van der Waals surface area (Å²) in [5.41, 5.74) is 2.11. The molecule has 0 N–H and O–H groups in total. The predicted octanol–water partition coefficient (Wildman–Crippen LogP) is 5.77. The molecule has 1 fully saturated rings. The van der Waals surface area contributed by atoms with Gasteiger partial charge in [0.1, 0.15) is 0 Å². The highest BCUT2D eigenvalue weighted by Gasteiger charge is 2.45. The second-order valence-electron chi connectivity index (χ2n) is 7.78. The first-order chi connectivity index (χ1) is 11.2. The Morgan fingerprint density at radius 2 is 1.71 bits per heavy atom. The molecule has 0 spiro atoms. The molecule has 0 aromatic carbocycles. The molecule has 1 aliphatic rings. The Bertz CT molecular complexity index is 436. The van der Waals surface area contributed by atoms with Crippen LogP contribution in [0, 0.1) is 5.92 Å². The Labute approximate surface area is 148 Å². The van der Waals surface area contributed by atoms with E-state index in [9.17, 15) is 9.18 Å². The third-order valence-corrected chi connectivity index (χ3v) is 11.6. The van der Waals surface area contributed by atoms with Crippen molar-refractivity contribution in [1.29, 1.82) is 0 Å². The average molecular weight is 359 g/mol. The van der Waals surface area contributed by atoms with E-state index < -0.39 is 20.1 Å². The van der Waals surface area contributed by atoms with Crippen molar-refractivity contribution in [2.75, 3.05) is 13.2 Å². The maximum Gasteiger partial charge on any atom is 0.367 e. The van der Waals surface area contributed by atoms with Gasteiger partial charge in [0, 0.05) is 12.5 Å². The molecule has 1 rings (SSSR count). The second kappa shape index (κ2) is 9.14. The minimum absolute atomic E-state index is 0.0116. The largest absolute Gasteiger partial charge is 0.461 e. The van der Waals surface area contributed by atoms with Crippen LogP contribution in [0.5, 0.6) is 0 Å². The lowest BCUT2D eigenvalue weighted by molar-refractivity contribution is -0.140. The average Bonchev–Trinajstić information content (AvgIpc) is 2.94. The molecule has 0 aliphatic heterocycles. The van der Waals surface area contributed by atoms with Gasteiger partial charge in [0.2, 0.25) is 5.83 Å². The molecular formula is C19H35FO3Si. The number of rotatable bonds is 8. The molecule has 0 saturated heterocycles. The monoisotopic (exact) mass is 358 g/mol. The zero-order chi connectivity index (χ0) is 18.5. The van der Waals surface area contributed by atoms with Crippen molar-refractivity contribution in [3.8, 4) is 0 Å². The highest BCUT2D eigenvalue weighted by Crippen LogP contribution is 2.44. The van der Waals surface area contributed by atoms with Gasteiger partial charge in [0.05, 0.1) is 6.61 Å². The Morgan fingerprint density at radius 1 is 1.17 bits per heavy atom. The summed E-state index contributed by atoms with van der Waals surface area (Å²) in [4.78, 5) is 11.7. The van der Waals surface area contributed by atoms with E-state index in [1.165, 1.54) is 0 Å². The number of hydrogen-bond acceptors (Lipinski definition) is 3. The van der Waals surface area contributed by atoms with Crippen molar-refractivity contribution in [3.63, 3.8) is 0 Å². The van der Waals surface area contributed by atoms with Gasteiger partial charge < -0.3 is 9.16 Å². The fourth-order valence-corrected chi connectivity index (χ4v) is 9.95. The minimum atomic E-state index is -1.96. The van der Waals surface area contributed by atoms with Gasteiger partial charge in [-0.2, -0.15) is 4.39 Å². The third-order valence-electron chi connectivity index (χ3n) is 5.47. The van der Waals surface area contributed by atoms with Gasteiger partial charge in [0.15, 0.2) is 8.32 Å². The van der Waals surface area contributed by atoms with Crippen molar-refractivity contribution >= 4 is 14.3 Å². The first kappa shape index (κ1) is 21.4. The van der Waals surface area contributed by atoms with Gasteiger partial charge in [0.25, 0.3) is 0 Å².